The Labute approximate surface area is 120 Å². The van der Waals surface area contributed by atoms with Crippen LogP contribution in [0.1, 0.15) is 5.69 Å². The van der Waals surface area contributed by atoms with Gasteiger partial charge in [0.25, 0.3) is 0 Å². The number of thiazole rings is 1. The lowest BCUT2D eigenvalue weighted by Crippen LogP contribution is -2.13. The standard InChI is InChI=1S/C15H13N3OS/c16-14(19)8-13-9-20-15(18-13)17-12-6-5-10-3-1-2-4-11(10)7-12/h1-7,9H,8H2,(H2,16,19)(H,17,18). The second-order valence-corrected chi connectivity index (χ2v) is 5.33. The highest BCUT2D eigenvalue weighted by Crippen LogP contribution is 2.24. The van der Waals surface area contributed by atoms with Gasteiger partial charge in [0.1, 0.15) is 0 Å². The lowest BCUT2D eigenvalue weighted by Gasteiger charge is -2.04. The van der Waals surface area contributed by atoms with Gasteiger partial charge in [-0.15, -0.1) is 11.3 Å². The molecule has 0 unspecified atom stereocenters. The van der Waals surface area contributed by atoms with E-state index in [1.807, 2.05) is 23.6 Å². The van der Waals surface area contributed by atoms with Crippen LogP contribution in [0, 0.1) is 0 Å². The van der Waals surface area contributed by atoms with Crippen LogP contribution in [0.5, 0.6) is 0 Å². The van der Waals surface area contributed by atoms with Crippen LogP contribution in [0.15, 0.2) is 47.8 Å². The maximum absolute atomic E-state index is 10.8. The van der Waals surface area contributed by atoms with Gasteiger partial charge in [-0.1, -0.05) is 30.3 Å². The summed E-state index contributed by atoms with van der Waals surface area (Å²) in [5.74, 6) is -0.368. The van der Waals surface area contributed by atoms with Gasteiger partial charge in [0.2, 0.25) is 5.91 Å². The summed E-state index contributed by atoms with van der Waals surface area (Å²) in [6, 6.07) is 14.3. The number of hydrogen-bond donors (Lipinski definition) is 2. The van der Waals surface area contributed by atoms with Crippen molar-refractivity contribution in [3.05, 3.63) is 53.5 Å². The van der Waals surface area contributed by atoms with Gasteiger partial charge < -0.3 is 11.1 Å². The molecule has 3 aromatic rings. The number of fused-ring (bicyclic) bond motifs is 1. The SMILES string of the molecule is NC(=O)Cc1csc(Nc2ccc3ccccc3c2)n1. The van der Waals surface area contributed by atoms with Crippen LogP contribution in [-0.4, -0.2) is 10.9 Å². The lowest BCUT2D eigenvalue weighted by molar-refractivity contribution is -0.117. The van der Waals surface area contributed by atoms with Crippen molar-refractivity contribution >= 4 is 38.8 Å². The molecule has 0 atom stereocenters. The fourth-order valence-corrected chi connectivity index (χ4v) is 2.75. The van der Waals surface area contributed by atoms with Gasteiger partial charge in [0.05, 0.1) is 12.1 Å². The molecular weight excluding hydrogens is 270 g/mol. The molecule has 0 saturated carbocycles. The van der Waals surface area contributed by atoms with Crippen molar-refractivity contribution in [1.29, 1.82) is 0 Å². The molecular formula is C15H13N3OS. The number of benzene rings is 2. The summed E-state index contributed by atoms with van der Waals surface area (Å²) in [7, 11) is 0. The predicted molar refractivity (Wildman–Crippen MR) is 82.2 cm³/mol. The molecule has 1 amide bonds. The van der Waals surface area contributed by atoms with E-state index in [4.69, 9.17) is 5.73 Å². The number of nitrogens with zero attached hydrogens (tertiary/aromatic N) is 1. The first-order valence-corrected chi connectivity index (χ1v) is 7.07. The molecule has 1 heterocycles. The maximum Gasteiger partial charge on any atom is 0.223 e. The quantitative estimate of drug-likeness (QED) is 0.773. The van der Waals surface area contributed by atoms with Crippen molar-refractivity contribution < 1.29 is 4.79 Å². The molecule has 0 aliphatic rings. The van der Waals surface area contributed by atoms with Crippen molar-refractivity contribution in [3.8, 4) is 0 Å². The van der Waals surface area contributed by atoms with Gasteiger partial charge in [0, 0.05) is 11.1 Å². The van der Waals surface area contributed by atoms with Crippen LogP contribution in [-0.2, 0) is 11.2 Å². The summed E-state index contributed by atoms with van der Waals surface area (Å²) >= 11 is 1.46. The van der Waals surface area contributed by atoms with Gasteiger partial charge in [-0.05, 0) is 22.9 Å². The van der Waals surface area contributed by atoms with E-state index >= 15 is 0 Å². The minimum Gasteiger partial charge on any atom is -0.369 e. The van der Waals surface area contributed by atoms with Crippen molar-refractivity contribution in [3.63, 3.8) is 0 Å². The number of anilines is 2. The van der Waals surface area contributed by atoms with Crippen LogP contribution in [0.3, 0.4) is 0 Å². The third kappa shape index (κ3) is 2.78. The van der Waals surface area contributed by atoms with E-state index in [1.165, 1.54) is 22.1 Å². The predicted octanol–water partition coefficient (Wildman–Crippen LogP) is 3.07. The Morgan fingerprint density at radius 3 is 2.80 bits per heavy atom. The van der Waals surface area contributed by atoms with E-state index in [1.54, 1.807) is 0 Å². The summed E-state index contributed by atoms with van der Waals surface area (Å²) < 4.78 is 0. The van der Waals surface area contributed by atoms with Crippen LogP contribution >= 0.6 is 11.3 Å². The fourth-order valence-electron chi connectivity index (χ4n) is 2.01. The summed E-state index contributed by atoms with van der Waals surface area (Å²) in [6.45, 7) is 0. The zero-order valence-electron chi connectivity index (χ0n) is 10.7. The Morgan fingerprint density at radius 1 is 1.20 bits per heavy atom. The van der Waals surface area contributed by atoms with E-state index in [2.05, 4.69) is 34.6 Å². The summed E-state index contributed by atoms with van der Waals surface area (Å²) in [4.78, 5) is 15.2. The molecule has 0 fully saturated rings. The highest BCUT2D eigenvalue weighted by molar-refractivity contribution is 7.13. The van der Waals surface area contributed by atoms with Gasteiger partial charge in [-0.25, -0.2) is 4.98 Å². The highest BCUT2D eigenvalue weighted by Gasteiger charge is 2.05. The number of aromatic nitrogens is 1. The Hall–Kier alpha value is -2.40. The number of carbonyl (C=O) groups excluding carboxylic acids is 1. The number of nitrogens with one attached hydrogen (secondary N) is 1. The van der Waals surface area contributed by atoms with Crippen LogP contribution in [0.25, 0.3) is 10.8 Å². The van der Waals surface area contributed by atoms with E-state index in [0.29, 0.717) is 5.69 Å². The average Bonchev–Trinajstić information content (AvgIpc) is 2.85. The second-order valence-electron chi connectivity index (χ2n) is 4.47. The van der Waals surface area contributed by atoms with Gasteiger partial charge in [0.15, 0.2) is 5.13 Å². The number of nitrogens with two attached hydrogens (primary N) is 1. The molecule has 0 spiro atoms. The summed E-state index contributed by atoms with van der Waals surface area (Å²) in [5, 5.41) is 8.22. The van der Waals surface area contributed by atoms with E-state index in [0.717, 1.165) is 10.8 Å². The monoisotopic (exact) mass is 283 g/mol. The third-order valence-corrected chi connectivity index (χ3v) is 3.71. The second kappa shape index (κ2) is 5.30. The van der Waals surface area contributed by atoms with Crippen molar-refractivity contribution in [2.24, 2.45) is 5.73 Å². The molecule has 0 aliphatic carbocycles. The summed E-state index contributed by atoms with van der Waals surface area (Å²) in [6.07, 6.45) is 0.176. The number of hydrogen-bond acceptors (Lipinski definition) is 4. The average molecular weight is 283 g/mol. The maximum atomic E-state index is 10.8. The minimum atomic E-state index is -0.368. The molecule has 3 rings (SSSR count). The lowest BCUT2D eigenvalue weighted by atomic mass is 10.1. The van der Waals surface area contributed by atoms with Crippen LogP contribution < -0.4 is 11.1 Å². The van der Waals surface area contributed by atoms with Gasteiger partial charge in [-0.2, -0.15) is 0 Å². The normalized spacial score (nSPS) is 10.6. The van der Waals surface area contributed by atoms with E-state index in [9.17, 15) is 4.79 Å². The van der Waals surface area contributed by atoms with Crippen molar-refractivity contribution in [2.45, 2.75) is 6.42 Å². The largest absolute Gasteiger partial charge is 0.369 e. The number of amides is 1. The Kier molecular flexibility index (Phi) is 3.35. The first-order chi connectivity index (χ1) is 9.70. The number of primary amides is 1. The molecule has 100 valence electrons. The fraction of sp³-hybridized carbons (Fsp3) is 0.0667. The minimum absolute atomic E-state index is 0.176. The third-order valence-electron chi connectivity index (χ3n) is 2.91. The smallest absolute Gasteiger partial charge is 0.223 e. The number of carbonyl (C=O) groups is 1. The van der Waals surface area contributed by atoms with Crippen LogP contribution in [0.4, 0.5) is 10.8 Å². The molecule has 2 aromatic carbocycles. The Morgan fingerprint density at radius 2 is 2.00 bits per heavy atom. The highest BCUT2D eigenvalue weighted by atomic mass is 32.1. The molecule has 0 radical (unpaired) electrons. The van der Waals surface area contributed by atoms with Crippen LogP contribution in [0.2, 0.25) is 0 Å². The van der Waals surface area contributed by atoms with Gasteiger partial charge in [-0.3, -0.25) is 4.79 Å². The van der Waals surface area contributed by atoms with Gasteiger partial charge >= 0.3 is 0 Å². The van der Waals surface area contributed by atoms with Crippen molar-refractivity contribution in [2.75, 3.05) is 5.32 Å². The first-order valence-electron chi connectivity index (χ1n) is 6.19. The Bertz CT molecular complexity index is 766. The molecule has 20 heavy (non-hydrogen) atoms. The topological polar surface area (TPSA) is 68.0 Å². The molecule has 1 aromatic heterocycles. The number of rotatable bonds is 4. The molecule has 0 aliphatic heterocycles. The zero-order valence-corrected chi connectivity index (χ0v) is 11.5. The first kappa shape index (κ1) is 12.6. The zero-order chi connectivity index (χ0) is 13.9. The molecule has 0 bridgehead atoms. The Balaban J connectivity index is 1.81. The molecule has 0 saturated heterocycles. The summed E-state index contributed by atoms with van der Waals surface area (Å²) in [5.41, 5.74) is 6.83. The van der Waals surface area contributed by atoms with E-state index < -0.39 is 0 Å². The van der Waals surface area contributed by atoms with Crippen molar-refractivity contribution in [1.82, 2.24) is 4.98 Å². The van der Waals surface area contributed by atoms with E-state index in [-0.39, 0.29) is 12.3 Å². The molecule has 5 heteroatoms. The molecule has 3 N–H and O–H groups in total. The molecule has 4 nitrogen and oxygen atoms in total.